The third-order valence-electron chi connectivity index (χ3n) is 3.58. The van der Waals surface area contributed by atoms with Crippen LogP contribution in [0, 0.1) is 0 Å². The van der Waals surface area contributed by atoms with Gasteiger partial charge in [0.2, 0.25) is 0 Å². The van der Waals surface area contributed by atoms with Crippen molar-refractivity contribution in [3.63, 3.8) is 0 Å². The molecule has 1 rings (SSSR count). The van der Waals surface area contributed by atoms with E-state index in [-0.39, 0.29) is 0 Å². The second-order valence-electron chi connectivity index (χ2n) is 5.37. The Morgan fingerprint density at radius 2 is 1.75 bits per heavy atom. The van der Waals surface area contributed by atoms with Gasteiger partial charge in [0.05, 0.1) is 0 Å². The first-order chi connectivity index (χ1) is 9.67. The molecule has 1 aromatic rings. The normalized spacial score (nSPS) is 12.6. The van der Waals surface area contributed by atoms with Gasteiger partial charge in [-0.15, -0.1) is 0 Å². The van der Waals surface area contributed by atoms with Crippen molar-refractivity contribution in [3.8, 4) is 0 Å². The first kappa shape index (κ1) is 18.0. The van der Waals surface area contributed by atoms with Gasteiger partial charge in [-0.1, -0.05) is 79.9 Å². The Balaban J connectivity index is 2.47. The molecule has 0 aliphatic rings. The van der Waals surface area contributed by atoms with Crippen LogP contribution >= 0.6 is 27.5 Å². The number of nitrogens with one attached hydrogen (secondary N) is 1. The Bertz CT molecular complexity index is 361. The third-order valence-corrected chi connectivity index (χ3v) is 4.26. The number of halogens is 2. The highest BCUT2D eigenvalue weighted by atomic mass is 79.9. The maximum atomic E-state index is 6.16. The fraction of sp³-hybridized carbons (Fsp3) is 0.647. The van der Waals surface area contributed by atoms with Crippen molar-refractivity contribution in [2.45, 2.75) is 64.8 Å². The predicted molar refractivity (Wildman–Crippen MR) is 93.6 cm³/mol. The second-order valence-corrected chi connectivity index (χ2v) is 6.72. The minimum atomic E-state index is 0.418. The number of rotatable bonds is 10. The van der Waals surface area contributed by atoms with Crippen molar-refractivity contribution in [1.82, 2.24) is 5.32 Å². The molecule has 0 radical (unpaired) electrons. The number of hydrogen-bond acceptors (Lipinski definition) is 1. The summed E-state index contributed by atoms with van der Waals surface area (Å²) in [4.78, 5) is 0. The van der Waals surface area contributed by atoms with E-state index in [2.05, 4.69) is 47.2 Å². The highest BCUT2D eigenvalue weighted by Crippen LogP contribution is 2.27. The van der Waals surface area contributed by atoms with Crippen LogP contribution in [0.25, 0.3) is 0 Å². The maximum absolute atomic E-state index is 6.16. The number of hydrogen-bond donors (Lipinski definition) is 1. The Labute approximate surface area is 137 Å². The van der Waals surface area contributed by atoms with Crippen LogP contribution < -0.4 is 5.32 Å². The van der Waals surface area contributed by atoms with Gasteiger partial charge in [-0.3, -0.25) is 0 Å². The average molecular weight is 361 g/mol. The lowest BCUT2D eigenvalue weighted by Crippen LogP contribution is -2.20. The predicted octanol–water partition coefficient (Wildman–Crippen LogP) is 6.50. The molecule has 0 saturated carbocycles. The molecule has 1 nitrogen and oxygen atoms in total. The van der Waals surface area contributed by atoms with Crippen LogP contribution in [0.3, 0.4) is 0 Å². The molecule has 0 spiro atoms. The summed E-state index contributed by atoms with van der Waals surface area (Å²) in [5, 5.41) is 4.38. The summed E-state index contributed by atoms with van der Waals surface area (Å²) in [6.45, 7) is 5.41. The topological polar surface area (TPSA) is 12.0 Å². The summed E-state index contributed by atoms with van der Waals surface area (Å²) in [6.07, 6.45) is 9.24. The highest BCUT2D eigenvalue weighted by molar-refractivity contribution is 9.10. The van der Waals surface area contributed by atoms with Crippen LogP contribution in [0.4, 0.5) is 0 Å². The van der Waals surface area contributed by atoms with Crippen LogP contribution in [0.15, 0.2) is 22.7 Å². The van der Waals surface area contributed by atoms with E-state index in [1.165, 1.54) is 50.5 Å². The summed E-state index contributed by atoms with van der Waals surface area (Å²) < 4.78 is 1.06. The Morgan fingerprint density at radius 1 is 1.05 bits per heavy atom. The first-order valence-corrected chi connectivity index (χ1v) is 9.03. The SMILES string of the molecule is CCCCCCCCC(NCC)c1cc(Cl)cc(Br)c1. The minimum absolute atomic E-state index is 0.418. The van der Waals surface area contributed by atoms with Crippen molar-refractivity contribution in [1.29, 1.82) is 0 Å². The van der Waals surface area contributed by atoms with Crippen LogP contribution in [0.2, 0.25) is 5.02 Å². The molecule has 0 fully saturated rings. The van der Waals surface area contributed by atoms with Gasteiger partial charge in [0.15, 0.2) is 0 Å². The molecule has 1 aromatic carbocycles. The third kappa shape index (κ3) is 7.10. The molecule has 1 atom stereocenters. The first-order valence-electron chi connectivity index (χ1n) is 7.86. The standard InChI is InChI=1S/C17H27BrClN/c1-3-5-6-7-8-9-10-17(20-4-2)14-11-15(18)13-16(19)12-14/h11-13,17,20H,3-10H2,1-2H3. The van der Waals surface area contributed by atoms with Gasteiger partial charge in [0, 0.05) is 15.5 Å². The Kier molecular flexibility index (Phi) is 9.58. The molecule has 3 heteroatoms. The maximum Gasteiger partial charge on any atom is 0.0420 e. The number of benzene rings is 1. The van der Waals surface area contributed by atoms with Crippen LogP contribution in [-0.2, 0) is 0 Å². The minimum Gasteiger partial charge on any atom is -0.310 e. The molecular formula is C17H27BrClN. The lowest BCUT2D eigenvalue weighted by atomic mass is 9.99. The lowest BCUT2D eigenvalue weighted by molar-refractivity contribution is 0.477. The van der Waals surface area contributed by atoms with Gasteiger partial charge in [-0.2, -0.15) is 0 Å². The summed E-state index contributed by atoms with van der Waals surface area (Å²) in [5.41, 5.74) is 1.29. The summed E-state index contributed by atoms with van der Waals surface area (Å²) in [5.74, 6) is 0. The summed E-state index contributed by atoms with van der Waals surface area (Å²) >= 11 is 9.69. The van der Waals surface area contributed by atoms with Crippen LogP contribution in [0.5, 0.6) is 0 Å². The van der Waals surface area contributed by atoms with Crippen molar-refractivity contribution >= 4 is 27.5 Å². The van der Waals surface area contributed by atoms with Crippen molar-refractivity contribution in [3.05, 3.63) is 33.3 Å². The van der Waals surface area contributed by atoms with Gasteiger partial charge < -0.3 is 5.32 Å². The van der Waals surface area contributed by atoms with E-state index in [1.54, 1.807) is 0 Å². The van der Waals surface area contributed by atoms with Crippen molar-refractivity contribution in [2.24, 2.45) is 0 Å². The molecule has 0 bridgehead atoms. The fourth-order valence-electron chi connectivity index (χ4n) is 2.54. The zero-order valence-electron chi connectivity index (χ0n) is 12.7. The summed E-state index contributed by atoms with van der Waals surface area (Å²) in [6, 6.07) is 6.62. The zero-order valence-corrected chi connectivity index (χ0v) is 15.1. The highest BCUT2D eigenvalue weighted by Gasteiger charge is 2.11. The molecule has 1 N–H and O–H groups in total. The monoisotopic (exact) mass is 359 g/mol. The second kappa shape index (κ2) is 10.6. The Morgan fingerprint density at radius 3 is 2.40 bits per heavy atom. The van der Waals surface area contributed by atoms with E-state index in [0.29, 0.717) is 6.04 Å². The van der Waals surface area contributed by atoms with Gasteiger partial charge in [-0.05, 0) is 36.7 Å². The van der Waals surface area contributed by atoms with Crippen molar-refractivity contribution in [2.75, 3.05) is 6.54 Å². The molecule has 0 saturated heterocycles. The van der Waals surface area contributed by atoms with Gasteiger partial charge >= 0.3 is 0 Å². The molecule has 0 heterocycles. The van der Waals surface area contributed by atoms with Gasteiger partial charge in [0.1, 0.15) is 0 Å². The molecule has 0 aliphatic carbocycles. The van der Waals surface area contributed by atoms with E-state index in [4.69, 9.17) is 11.6 Å². The van der Waals surface area contributed by atoms with E-state index in [1.807, 2.05) is 6.07 Å². The zero-order chi connectivity index (χ0) is 14.8. The van der Waals surface area contributed by atoms with E-state index in [0.717, 1.165) is 16.0 Å². The largest absolute Gasteiger partial charge is 0.310 e. The molecule has 0 amide bonds. The van der Waals surface area contributed by atoms with Gasteiger partial charge in [-0.25, -0.2) is 0 Å². The molecule has 0 aromatic heterocycles. The molecule has 114 valence electrons. The van der Waals surface area contributed by atoms with Crippen LogP contribution in [0.1, 0.15) is 70.4 Å². The molecule has 20 heavy (non-hydrogen) atoms. The van der Waals surface area contributed by atoms with Crippen LogP contribution in [-0.4, -0.2) is 6.54 Å². The quantitative estimate of drug-likeness (QED) is 0.469. The molecule has 0 aliphatic heterocycles. The smallest absolute Gasteiger partial charge is 0.0420 e. The van der Waals surface area contributed by atoms with E-state index in [9.17, 15) is 0 Å². The molecular weight excluding hydrogens is 334 g/mol. The average Bonchev–Trinajstić information content (AvgIpc) is 2.40. The Hall–Kier alpha value is -0.0500. The lowest BCUT2D eigenvalue weighted by Gasteiger charge is -2.19. The van der Waals surface area contributed by atoms with E-state index >= 15 is 0 Å². The van der Waals surface area contributed by atoms with Crippen molar-refractivity contribution < 1.29 is 0 Å². The number of unbranched alkanes of at least 4 members (excludes halogenated alkanes) is 5. The molecule has 1 unspecified atom stereocenters. The van der Waals surface area contributed by atoms with Gasteiger partial charge in [0.25, 0.3) is 0 Å². The van der Waals surface area contributed by atoms with E-state index < -0.39 is 0 Å². The fourth-order valence-corrected chi connectivity index (χ4v) is 3.42. The summed E-state index contributed by atoms with van der Waals surface area (Å²) in [7, 11) is 0.